The first kappa shape index (κ1) is 22.6. The molecule has 1 aromatic rings. The van der Waals surface area contributed by atoms with Crippen LogP contribution in [0, 0.1) is 23.2 Å². The molecule has 4 N–H and O–H groups in total. The molecule has 2 bridgehead atoms. The molecule has 4 unspecified atom stereocenters. The quantitative estimate of drug-likeness (QED) is 0.598. The summed E-state index contributed by atoms with van der Waals surface area (Å²) < 4.78 is 0. The van der Waals surface area contributed by atoms with Crippen LogP contribution in [-0.4, -0.2) is 11.9 Å². The Morgan fingerprint density at radius 2 is 1.68 bits per heavy atom. The molecule has 0 aliphatic heterocycles. The van der Waals surface area contributed by atoms with Gasteiger partial charge in [0.05, 0.1) is 0 Å². The Balaban J connectivity index is 0.000000282. The third kappa shape index (κ3) is 5.08. The minimum absolute atomic E-state index is 0.105. The molecule has 0 saturated heterocycles. The monoisotopic (exact) mass is 422 g/mol. The second kappa shape index (κ2) is 9.10. The zero-order valence-electron chi connectivity index (χ0n) is 19.6. The molecule has 4 fully saturated rings. The van der Waals surface area contributed by atoms with E-state index >= 15 is 0 Å². The summed E-state index contributed by atoms with van der Waals surface area (Å²) >= 11 is 0. The van der Waals surface area contributed by atoms with Gasteiger partial charge in [-0.2, -0.15) is 0 Å². The Hall–Kier alpha value is -1.61. The van der Waals surface area contributed by atoms with Crippen molar-refractivity contribution < 1.29 is 4.79 Å². The lowest BCUT2D eigenvalue weighted by Gasteiger charge is -2.55. The summed E-state index contributed by atoms with van der Waals surface area (Å²) in [4.78, 5) is 12.3. The molecule has 4 aliphatic rings. The Bertz CT molecular complexity index is 788. The number of hydrogen-bond acceptors (Lipinski definition) is 2. The van der Waals surface area contributed by atoms with Gasteiger partial charge in [-0.25, -0.2) is 0 Å². The summed E-state index contributed by atoms with van der Waals surface area (Å²) in [6.07, 6.45) is 16.1. The summed E-state index contributed by atoms with van der Waals surface area (Å²) in [6.45, 7) is 4.49. The van der Waals surface area contributed by atoms with Crippen LogP contribution in [0.15, 0.2) is 42.0 Å². The SMILES string of the molecule is CC1CC2(c3ccccc3)CC(CC(C)(C(N)=O)C2)/C1=C/C1CC1.NC1CCCCC1. The molecule has 0 aromatic heterocycles. The molecule has 31 heavy (non-hydrogen) atoms. The molecule has 3 heteroatoms. The van der Waals surface area contributed by atoms with Crippen molar-refractivity contribution in [1.29, 1.82) is 0 Å². The number of benzene rings is 1. The maximum atomic E-state index is 12.3. The Morgan fingerprint density at radius 3 is 2.23 bits per heavy atom. The number of nitrogens with two attached hydrogens (primary N) is 2. The largest absolute Gasteiger partial charge is 0.369 e. The van der Waals surface area contributed by atoms with Gasteiger partial charge >= 0.3 is 0 Å². The first-order valence-electron chi connectivity index (χ1n) is 12.6. The summed E-state index contributed by atoms with van der Waals surface area (Å²) in [5.41, 5.74) is 14.3. The van der Waals surface area contributed by atoms with Crippen molar-refractivity contribution in [3.05, 3.63) is 47.5 Å². The Kier molecular flexibility index (Phi) is 6.62. The van der Waals surface area contributed by atoms with Gasteiger partial charge in [0, 0.05) is 11.5 Å². The van der Waals surface area contributed by atoms with E-state index in [4.69, 9.17) is 11.5 Å². The number of allylic oxidation sites excluding steroid dienone is 2. The fourth-order valence-corrected chi connectivity index (χ4v) is 6.76. The van der Waals surface area contributed by atoms with Crippen molar-refractivity contribution in [2.24, 2.45) is 34.6 Å². The van der Waals surface area contributed by atoms with E-state index in [1.54, 1.807) is 5.57 Å². The summed E-state index contributed by atoms with van der Waals surface area (Å²) in [5, 5.41) is 0. The van der Waals surface area contributed by atoms with Crippen molar-refractivity contribution in [2.75, 3.05) is 0 Å². The maximum absolute atomic E-state index is 12.3. The lowest BCUT2D eigenvalue weighted by atomic mass is 9.49. The fourth-order valence-electron chi connectivity index (χ4n) is 6.76. The predicted molar refractivity (Wildman–Crippen MR) is 128 cm³/mol. The van der Waals surface area contributed by atoms with Crippen LogP contribution >= 0.6 is 0 Å². The normalized spacial score (nSPS) is 37.1. The molecule has 0 spiro atoms. The molecule has 1 aromatic carbocycles. The number of fused-ring (bicyclic) bond motifs is 2. The van der Waals surface area contributed by atoms with Gasteiger partial charge in [-0.15, -0.1) is 0 Å². The topological polar surface area (TPSA) is 69.1 Å². The third-order valence-corrected chi connectivity index (χ3v) is 8.48. The standard InChI is InChI=1S/C22H29NO.C6H13N/c1-15-11-22(18-6-4-3-5-7-18)13-17(19(15)10-16-8-9-16)12-21(2,14-22)20(23)24;7-6-4-2-1-3-5-6/h3-7,10,15-17H,8-9,11-14H2,1-2H3,(H2,23,24);6H,1-5,7H2/b19-10+;. The van der Waals surface area contributed by atoms with E-state index in [1.807, 2.05) is 0 Å². The first-order chi connectivity index (χ1) is 14.8. The van der Waals surface area contributed by atoms with Gasteiger partial charge in [-0.3, -0.25) is 4.79 Å². The van der Waals surface area contributed by atoms with Gasteiger partial charge in [0.1, 0.15) is 0 Å². The molecule has 5 rings (SSSR count). The lowest BCUT2D eigenvalue weighted by molar-refractivity contribution is -0.131. The zero-order valence-corrected chi connectivity index (χ0v) is 19.6. The molecular formula is C28H42N2O. The van der Waals surface area contributed by atoms with E-state index < -0.39 is 0 Å². The van der Waals surface area contributed by atoms with Gasteiger partial charge < -0.3 is 11.5 Å². The van der Waals surface area contributed by atoms with Gasteiger partial charge in [-0.1, -0.05) is 75.1 Å². The van der Waals surface area contributed by atoms with E-state index in [9.17, 15) is 4.79 Å². The van der Waals surface area contributed by atoms with Crippen molar-refractivity contribution in [2.45, 2.75) is 95.9 Å². The number of carbonyl (C=O) groups excluding carboxylic acids is 1. The smallest absolute Gasteiger partial charge is 0.223 e. The molecule has 4 atom stereocenters. The summed E-state index contributed by atoms with van der Waals surface area (Å²) in [6, 6.07) is 11.4. The van der Waals surface area contributed by atoms with E-state index in [0.29, 0.717) is 17.9 Å². The lowest BCUT2D eigenvalue weighted by Crippen LogP contribution is -2.51. The van der Waals surface area contributed by atoms with Crippen LogP contribution < -0.4 is 11.5 Å². The number of amides is 1. The number of rotatable bonds is 3. The molecular weight excluding hydrogens is 380 g/mol. The number of hydrogen-bond donors (Lipinski definition) is 2. The van der Waals surface area contributed by atoms with E-state index in [1.165, 1.54) is 56.9 Å². The highest BCUT2D eigenvalue weighted by Gasteiger charge is 2.54. The average Bonchev–Trinajstić information content (AvgIpc) is 3.57. The highest BCUT2D eigenvalue weighted by atomic mass is 16.1. The fraction of sp³-hybridized carbons (Fsp3) is 0.679. The van der Waals surface area contributed by atoms with E-state index in [-0.39, 0.29) is 16.7 Å². The molecule has 0 heterocycles. The van der Waals surface area contributed by atoms with Gasteiger partial charge in [0.2, 0.25) is 5.91 Å². The van der Waals surface area contributed by atoms with Gasteiger partial charge in [-0.05, 0) is 80.1 Å². The van der Waals surface area contributed by atoms with E-state index in [0.717, 1.165) is 25.2 Å². The summed E-state index contributed by atoms with van der Waals surface area (Å²) in [5.74, 6) is 1.81. The molecule has 1 amide bonds. The minimum Gasteiger partial charge on any atom is -0.369 e. The summed E-state index contributed by atoms with van der Waals surface area (Å²) in [7, 11) is 0. The van der Waals surface area contributed by atoms with Crippen LogP contribution in [-0.2, 0) is 10.2 Å². The zero-order chi connectivity index (χ0) is 22.1. The van der Waals surface area contributed by atoms with Crippen LogP contribution in [0.1, 0.15) is 90.0 Å². The van der Waals surface area contributed by atoms with Gasteiger partial charge in [0.15, 0.2) is 0 Å². The molecule has 4 aliphatic carbocycles. The second-order valence-electron chi connectivity index (χ2n) is 11.4. The highest BCUT2D eigenvalue weighted by molar-refractivity contribution is 5.81. The van der Waals surface area contributed by atoms with Crippen LogP contribution in [0.5, 0.6) is 0 Å². The average molecular weight is 423 g/mol. The Morgan fingerprint density at radius 1 is 1.00 bits per heavy atom. The van der Waals surface area contributed by atoms with Crippen molar-refractivity contribution in [1.82, 2.24) is 0 Å². The van der Waals surface area contributed by atoms with Crippen LogP contribution in [0.2, 0.25) is 0 Å². The van der Waals surface area contributed by atoms with Crippen LogP contribution in [0.3, 0.4) is 0 Å². The molecule has 4 saturated carbocycles. The predicted octanol–water partition coefficient (Wildman–Crippen LogP) is 5.87. The molecule has 3 nitrogen and oxygen atoms in total. The molecule has 170 valence electrons. The van der Waals surface area contributed by atoms with Crippen molar-refractivity contribution >= 4 is 5.91 Å². The molecule has 0 radical (unpaired) electrons. The maximum Gasteiger partial charge on any atom is 0.223 e. The van der Waals surface area contributed by atoms with Crippen LogP contribution in [0.4, 0.5) is 0 Å². The second-order valence-corrected chi connectivity index (χ2v) is 11.4. The van der Waals surface area contributed by atoms with Gasteiger partial charge in [0.25, 0.3) is 0 Å². The number of carbonyl (C=O) groups is 1. The Labute approximate surface area is 189 Å². The highest BCUT2D eigenvalue weighted by Crippen LogP contribution is 2.60. The minimum atomic E-state index is -0.387. The first-order valence-corrected chi connectivity index (χ1v) is 12.6. The van der Waals surface area contributed by atoms with Crippen molar-refractivity contribution in [3.8, 4) is 0 Å². The third-order valence-electron chi connectivity index (χ3n) is 8.48. The van der Waals surface area contributed by atoms with Crippen LogP contribution in [0.25, 0.3) is 0 Å². The van der Waals surface area contributed by atoms with E-state index in [2.05, 4.69) is 50.3 Å². The number of primary amides is 1. The van der Waals surface area contributed by atoms with Crippen molar-refractivity contribution in [3.63, 3.8) is 0 Å².